The number of benzene rings is 2. The summed E-state index contributed by atoms with van der Waals surface area (Å²) in [6.45, 7) is 4.31. The highest BCUT2D eigenvalue weighted by molar-refractivity contribution is 5.66. The number of fused-ring (bicyclic) bond motifs is 4. The van der Waals surface area contributed by atoms with Crippen molar-refractivity contribution in [3.63, 3.8) is 0 Å². The number of likely N-dealkylation sites (tertiary alicyclic amines) is 1. The number of hydrogen-bond donors (Lipinski definition) is 0. The SMILES string of the molecule is CN(C)Cc1ccccc1-c1ccc2n(c1=O)C[C@@H]1C[C@@H]2CN(Cc2ccc(F)cc2)C1. The summed E-state index contributed by atoms with van der Waals surface area (Å²) in [6, 6.07) is 19.2. The third-order valence-electron chi connectivity index (χ3n) is 6.79. The molecular weight excluding hydrogens is 401 g/mol. The maximum absolute atomic E-state index is 13.6. The number of pyridine rings is 1. The summed E-state index contributed by atoms with van der Waals surface area (Å²) < 4.78 is 15.3. The first kappa shape index (κ1) is 21.1. The van der Waals surface area contributed by atoms with Crippen LogP contribution in [0.1, 0.15) is 29.2 Å². The van der Waals surface area contributed by atoms with Crippen molar-refractivity contribution >= 4 is 0 Å². The van der Waals surface area contributed by atoms with Crippen molar-refractivity contribution in [2.45, 2.75) is 32.0 Å². The lowest BCUT2D eigenvalue weighted by Crippen LogP contribution is -2.46. The lowest BCUT2D eigenvalue weighted by molar-refractivity contribution is 0.114. The zero-order valence-electron chi connectivity index (χ0n) is 18.8. The van der Waals surface area contributed by atoms with Crippen LogP contribution >= 0.6 is 0 Å². The largest absolute Gasteiger partial charge is 0.311 e. The number of aromatic nitrogens is 1. The standard InChI is InChI=1S/C27H30FN3O/c1-29(2)17-21-5-3-4-6-24(21)25-11-12-26-22-13-20(16-31(26)27(25)32)15-30(18-22)14-19-7-9-23(28)10-8-19/h3-12,20,22H,13-18H2,1-2H3/t20-,22-/m1/s1. The van der Waals surface area contributed by atoms with Crippen molar-refractivity contribution in [2.24, 2.45) is 5.92 Å². The van der Waals surface area contributed by atoms with E-state index >= 15 is 0 Å². The Hall–Kier alpha value is -2.76. The Balaban J connectivity index is 1.43. The van der Waals surface area contributed by atoms with Gasteiger partial charge in [-0.2, -0.15) is 0 Å². The molecule has 2 aromatic carbocycles. The van der Waals surface area contributed by atoms with E-state index in [0.29, 0.717) is 11.8 Å². The first-order valence-electron chi connectivity index (χ1n) is 11.4. The molecule has 4 nitrogen and oxygen atoms in total. The molecule has 2 bridgehead atoms. The van der Waals surface area contributed by atoms with E-state index in [9.17, 15) is 9.18 Å². The molecule has 0 spiro atoms. The van der Waals surface area contributed by atoms with E-state index in [2.05, 4.69) is 42.1 Å². The molecule has 0 amide bonds. The second kappa shape index (κ2) is 8.64. The van der Waals surface area contributed by atoms with Gasteiger partial charge in [0.25, 0.3) is 5.56 Å². The van der Waals surface area contributed by atoms with E-state index in [1.165, 1.54) is 17.7 Å². The molecule has 0 unspecified atom stereocenters. The summed E-state index contributed by atoms with van der Waals surface area (Å²) >= 11 is 0. The number of piperidine rings is 1. The first-order valence-corrected chi connectivity index (χ1v) is 11.4. The van der Waals surface area contributed by atoms with E-state index in [0.717, 1.165) is 61.5 Å². The fourth-order valence-electron chi connectivity index (χ4n) is 5.49. The highest BCUT2D eigenvalue weighted by atomic mass is 19.1. The third-order valence-corrected chi connectivity index (χ3v) is 6.79. The van der Waals surface area contributed by atoms with Crippen molar-refractivity contribution in [3.8, 4) is 11.1 Å². The Kier molecular flexibility index (Phi) is 5.70. The van der Waals surface area contributed by atoms with Crippen molar-refractivity contribution in [1.29, 1.82) is 0 Å². The minimum absolute atomic E-state index is 0.135. The highest BCUT2D eigenvalue weighted by Crippen LogP contribution is 2.36. The van der Waals surface area contributed by atoms with Gasteiger partial charge in [-0.15, -0.1) is 0 Å². The van der Waals surface area contributed by atoms with Gasteiger partial charge in [-0.1, -0.05) is 36.4 Å². The van der Waals surface area contributed by atoms with Gasteiger partial charge in [-0.25, -0.2) is 4.39 Å². The molecule has 2 atom stereocenters. The van der Waals surface area contributed by atoms with Crippen LogP contribution < -0.4 is 5.56 Å². The average Bonchev–Trinajstić information content (AvgIpc) is 2.76. The molecule has 1 saturated heterocycles. The molecule has 5 rings (SSSR count). The normalized spacial score (nSPS) is 20.4. The van der Waals surface area contributed by atoms with Crippen molar-refractivity contribution in [2.75, 3.05) is 27.2 Å². The molecule has 1 fully saturated rings. The van der Waals surface area contributed by atoms with Crippen LogP contribution in [0.4, 0.5) is 4.39 Å². The van der Waals surface area contributed by atoms with Crippen LogP contribution in [0.5, 0.6) is 0 Å². The van der Waals surface area contributed by atoms with Gasteiger partial charge in [0, 0.05) is 49.9 Å². The zero-order valence-corrected chi connectivity index (χ0v) is 18.8. The third kappa shape index (κ3) is 4.15. The van der Waals surface area contributed by atoms with Crippen molar-refractivity contribution in [1.82, 2.24) is 14.4 Å². The quantitative estimate of drug-likeness (QED) is 0.602. The zero-order chi connectivity index (χ0) is 22.2. The molecule has 166 valence electrons. The molecule has 3 heterocycles. The van der Waals surface area contributed by atoms with E-state index < -0.39 is 0 Å². The second-order valence-electron chi connectivity index (χ2n) is 9.60. The second-order valence-corrected chi connectivity index (χ2v) is 9.60. The number of nitrogens with zero attached hydrogens (tertiary/aromatic N) is 3. The molecule has 0 aliphatic carbocycles. The summed E-state index contributed by atoms with van der Waals surface area (Å²) in [4.78, 5) is 18.2. The lowest BCUT2D eigenvalue weighted by Gasteiger charge is -2.43. The summed E-state index contributed by atoms with van der Waals surface area (Å²) in [6.07, 6.45) is 1.13. The fourth-order valence-corrected chi connectivity index (χ4v) is 5.49. The highest BCUT2D eigenvalue weighted by Gasteiger charge is 2.35. The van der Waals surface area contributed by atoms with Crippen LogP contribution in [0.2, 0.25) is 0 Å². The van der Waals surface area contributed by atoms with E-state index in [1.54, 1.807) is 0 Å². The summed E-state index contributed by atoms with van der Waals surface area (Å²) in [5, 5.41) is 0. The number of rotatable bonds is 5. The molecule has 0 saturated carbocycles. The number of hydrogen-bond acceptors (Lipinski definition) is 3. The van der Waals surface area contributed by atoms with Crippen LogP contribution in [0, 0.1) is 11.7 Å². The van der Waals surface area contributed by atoms with Crippen molar-refractivity contribution in [3.05, 3.63) is 93.7 Å². The van der Waals surface area contributed by atoms with Gasteiger partial charge in [0.15, 0.2) is 0 Å². The van der Waals surface area contributed by atoms with Crippen LogP contribution in [0.3, 0.4) is 0 Å². The van der Waals surface area contributed by atoms with Gasteiger partial charge in [0.2, 0.25) is 0 Å². The molecule has 32 heavy (non-hydrogen) atoms. The summed E-state index contributed by atoms with van der Waals surface area (Å²) in [7, 11) is 4.10. The van der Waals surface area contributed by atoms with Crippen LogP contribution in [-0.2, 0) is 19.6 Å². The van der Waals surface area contributed by atoms with Gasteiger partial charge < -0.3 is 9.47 Å². The van der Waals surface area contributed by atoms with Gasteiger partial charge in [0.05, 0.1) is 0 Å². The topological polar surface area (TPSA) is 28.5 Å². The maximum Gasteiger partial charge on any atom is 0.258 e. The van der Waals surface area contributed by atoms with Gasteiger partial charge >= 0.3 is 0 Å². The fraction of sp³-hybridized carbons (Fsp3) is 0.370. The van der Waals surface area contributed by atoms with Crippen molar-refractivity contribution < 1.29 is 4.39 Å². The van der Waals surface area contributed by atoms with Gasteiger partial charge in [-0.05, 0) is 67.4 Å². The first-order chi connectivity index (χ1) is 15.5. The molecular formula is C27H30FN3O. The molecule has 0 radical (unpaired) electrons. The van der Waals surface area contributed by atoms with Crippen LogP contribution in [0.15, 0.2) is 65.5 Å². The minimum atomic E-state index is -0.194. The van der Waals surface area contributed by atoms with Gasteiger partial charge in [0.1, 0.15) is 5.82 Å². The Morgan fingerprint density at radius 2 is 1.72 bits per heavy atom. The van der Waals surface area contributed by atoms with E-state index in [4.69, 9.17) is 0 Å². The van der Waals surface area contributed by atoms with Crippen LogP contribution in [-0.4, -0.2) is 41.6 Å². The Morgan fingerprint density at radius 3 is 2.50 bits per heavy atom. The molecule has 0 N–H and O–H groups in total. The number of halogens is 1. The Bertz CT molecular complexity index is 1170. The maximum atomic E-state index is 13.6. The predicted octanol–water partition coefficient (Wildman–Crippen LogP) is 4.34. The predicted molar refractivity (Wildman–Crippen MR) is 126 cm³/mol. The molecule has 2 aliphatic rings. The van der Waals surface area contributed by atoms with Crippen LogP contribution in [0.25, 0.3) is 11.1 Å². The molecule has 5 heteroatoms. The van der Waals surface area contributed by atoms with E-state index in [1.807, 2.05) is 34.9 Å². The molecule has 3 aromatic rings. The molecule has 2 aliphatic heterocycles. The average molecular weight is 432 g/mol. The monoisotopic (exact) mass is 431 g/mol. The minimum Gasteiger partial charge on any atom is -0.311 e. The Labute approximate surface area is 188 Å². The summed E-state index contributed by atoms with van der Waals surface area (Å²) in [5.74, 6) is 0.633. The smallest absolute Gasteiger partial charge is 0.258 e. The Morgan fingerprint density at radius 1 is 0.938 bits per heavy atom. The lowest BCUT2D eigenvalue weighted by atomic mass is 9.82. The van der Waals surface area contributed by atoms with E-state index in [-0.39, 0.29) is 11.4 Å². The van der Waals surface area contributed by atoms with Gasteiger partial charge in [-0.3, -0.25) is 9.69 Å². The summed E-state index contributed by atoms with van der Waals surface area (Å²) in [5.41, 5.74) is 5.44. The molecule has 1 aromatic heterocycles.